The first-order valence-corrected chi connectivity index (χ1v) is 9.05. The van der Waals surface area contributed by atoms with Crippen molar-refractivity contribution >= 4 is 5.69 Å². The summed E-state index contributed by atoms with van der Waals surface area (Å²) in [7, 11) is 0. The van der Waals surface area contributed by atoms with Gasteiger partial charge in [-0.3, -0.25) is 0 Å². The quantitative estimate of drug-likeness (QED) is 0.640. The Bertz CT molecular complexity index is 445. The van der Waals surface area contributed by atoms with E-state index in [1.54, 1.807) is 0 Å². The summed E-state index contributed by atoms with van der Waals surface area (Å²) in [6.07, 6.45) is 2.39. The lowest BCUT2D eigenvalue weighted by Crippen LogP contribution is -2.32. The van der Waals surface area contributed by atoms with Crippen LogP contribution in [0.1, 0.15) is 53.5 Å². The Morgan fingerprint density at radius 2 is 1.61 bits per heavy atom. The Balaban J connectivity index is 2.51. The lowest BCUT2D eigenvalue weighted by Gasteiger charge is -2.26. The number of nitrogens with zero attached hydrogens (tertiary/aromatic N) is 1. The Labute approximate surface area is 143 Å². The van der Waals surface area contributed by atoms with Crippen LogP contribution in [-0.4, -0.2) is 30.6 Å². The maximum absolute atomic E-state index is 6.10. The molecule has 0 heterocycles. The normalized spacial score (nSPS) is 11.9. The van der Waals surface area contributed by atoms with Crippen molar-refractivity contribution in [3.63, 3.8) is 0 Å². The first kappa shape index (κ1) is 19.8. The van der Waals surface area contributed by atoms with Gasteiger partial charge in [-0.2, -0.15) is 0 Å². The van der Waals surface area contributed by atoms with E-state index in [1.807, 2.05) is 19.9 Å². The second kappa shape index (κ2) is 9.82. The van der Waals surface area contributed by atoms with Crippen molar-refractivity contribution in [2.45, 2.75) is 60.5 Å². The van der Waals surface area contributed by atoms with E-state index in [0.717, 1.165) is 36.2 Å². The molecule has 1 aromatic carbocycles. The molecule has 0 radical (unpaired) electrons. The van der Waals surface area contributed by atoms with Gasteiger partial charge in [-0.05, 0) is 62.8 Å². The van der Waals surface area contributed by atoms with Crippen molar-refractivity contribution in [3.05, 3.63) is 23.8 Å². The van der Waals surface area contributed by atoms with Crippen LogP contribution in [0, 0.1) is 11.8 Å². The number of hydrogen-bond acceptors (Lipinski definition) is 3. The van der Waals surface area contributed by atoms with Gasteiger partial charge in [-0.15, -0.1) is 0 Å². The van der Waals surface area contributed by atoms with Crippen molar-refractivity contribution in [2.75, 3.05) is 25.4 Å². The minimum atomic E-state index is 0.156. The zero-order chi connectivity index (χ0) is 17.4. The molecule has 0 aliphatic heterocycles. The minimum Gasteiger partial charge on any atom is -0.489 e. The lowest BCUT2D eigenvalue weighted by atomic mass is 10.1. The standard InChI is InChI=1S/C20H36N2O/c1-15(2)13-22(14-16(3)4)11-7-8-18-9-10-20(19(21)12-18)23-17(5)6/h9-10,12,15-17H,7-8,11,13-14,21H2,1-6H3. The van der Waals surface area contributed by atoms with Crippen LogP contribution in [0.25, 0.3) is 0 Å². The van der Waals surface area contributed by atoms with Crippen molar-refractivity contribution in [1.82, 2.24) is 4.90 Å². The zero-order valence-corrected chi connectivity index (χ0v) is 15.9. The molecule has 0 aliphatic carbocycles. The fourth-order valence-corrected chi connectivity index (χ4v) is 2.91. The number of nitrogens with two attached hydrogens (primary N) is 1. The van der Waals surface area contributed by atoms with Crippen LogP contribution in [0.5, 0.6) is 5.75 Å². The summed E-state index contributed by atoms with van der Waals surface area (Å²) in [6, 6.07) is 6.21. The second-order valence-corrected chi connectivity index (χ2v) is 7.69. The van der Waals surface area contributed by atoms with E-state index < -0.39 is 0 Å². The zero-order valence-electron chi connectivity index (χ0n) is 15.9. The van der Waals surface area contributed by atoms with Gasteiger partial charge in [0.25, 0.3) is 0 Å². The third-order valence-corrected chi connectivity index (χ3v) is 3.62. The maximum atomic E-state index is 6.10. The van der Waals surface area contributed by atoms with Crippen LogP contribution in [0.15, 0.2) is 18.2 Å². The highest BCUT2D eigenvalue weighted by Crippen LogP contribution is 2.24. The van der Waals surface area contributed by atoms with Crippen LogP contribution >= 0.6 is 0 Å². The van der Waals surface area contributed by atoms with Crippen molar-refractivity contribution in [3.8, 4) is 5.75 Å². The van der Waals surface area contributed by atoms with Crippen LogP contribution in [0.3, 0.4) is 0 Å². The van der Waals surface area contributed by atoms with Gasteiger partial charge in [0.05, 0.1) is 11.8 Å². The van der Waals surface area contributed by atoms with Gasteiger partial charge in [0, 0.05) is 13.1 Å². The summed E-state index contributed by atoms with van der Waals surface area (Å²) < 4.78 is 5.70. The molecule has 0 spiro atoms. The number of anilines is 1. The SMILES string of the molecule is CC(C)CN(CCCc1ccc(OC(C)C)c(N)c1)CC(C)C. The van der Waals surface area contributed by atoms with Gasteiger partial charge in [-0.1, -0.05) is 33.8 Å². The molecular weight excluding hydrogens is 284 g/mol. The Kier molecular flexibility index (Phi) is 8.46. The van der Waals surface area contributed by atoms with E-state index in [1.165, 1.54) is 25.1 Å². The third kappa shape index (κ3) is 8.26. The monoisotopic (exact) mass is 320 g/mol. The molecule has 3 nitrogen and oxygen atoms in total. The molecule has 0 unspecified atom stereocenters. The highest BCUT2D eigenvalue weighted by molar-refractivity contribution is 5.54. The molecule has 0 aliphatic rings. The fraction of sp³-hybridized carbons (Fsp3) is 0.700. The predicted octanol–water partition coefficient (Wildman–Crippen LogP) is 4.60. The van der Waals surface area contributed by atoms with E-state index in [2.05, 4.69) is 44.7 Å². The first-order chi connectivity index (χ1) is 10.8. The summed E-state index contributed by atoms with van der Waals surface area (Å²) in [5.41, 5.74) is 8.14. The Morgan fingerprint density at radius 3 is 2.09 bits per heavy atom. The molecule has 0 fully saturated rings. The Morgan fingerprint density at radius 1 is 1.00 bits per heavy atom. The van der Waals surface area contributed by atoms with Crippen LogP contribution in [0.2, 0.25) is 0 Å². The summed E-state index contributed by atoms with van der Waals surface area (Å²) in [5.74, 6) is 2.23. The average molecular weight is 321 g/mol. The molecule has 0 saturated carbocycles. The molecule has 2 N–H and O–H groups in total. The van der Waals surface area contributed by atoms with Crippen molar-refractivity contribution in [2.24, 2.45) is 11.8 Å². The fourth-order valence-electron chi connectivity index (χ4n) is 2.91. The first-order valence-electron chi connectivity index (χ1n) is 9.05. The molecule has 0 saturated heterocycles. The summed E-state index contributed by atoms with van der Waals surface area (Å²) in [6.45, 7) is 16.7. The molecule has 1 aromatic rings. The number of benzene rings is 1. The van der Waals surface area contributed by atoms with E-state index in [9.17, 15) is 0 Å². The molecule has 0 aromatic heterocycles. The van der Waals surface area contributed by atoms with Gasteiger partial charge in [0.2, 0.25) is 0 Å². The molecule has 132 valence electrons. The number of nitrogen functional groups attached to an aromatic ring is 1. The van der Waals surface area contributed by atoms with E-state index in [-0.39, 0.29) is 6.10 Å². The van der Waals surface area contributed by atoms with E-state index in [4.69, 9.17) is 10.5 Å². The van der Waals surface area contributed by atoms with Gasteiger partial charge < -0.3 is 15.4 Å². The van der Waals surface area contributed by atoms with E-state index in [0.29, 0.717) is 0 Å². The molecule has 0 amide bonds. The smallest absolute Gasteiger partial charge is 0.142 e. The molecule has 0 atom stereocenters. The summed E-state index contributed by atoms with van der Waals surface area (Å²) in [4.78, 5) is 2.59. The number of rotatable bonds is 10. The van der Waals surface area contributed by atoms with Gasteiger partial charge >= 0.3 is 0 Å². The molecular formula is C20H36N2O. The molecule has 0 bridgehead atoms. The number of hydrogen-bond donors (Lipinski definition) is 1. The predicted molar refractivity (Wildman–Crippen MR) is 101 cm³/mol. The number of ether oxygens (including phenoxy) is 1. The lowest BCUT2D eigenvalue weighted by molar-refractivity contribution is 0.217. The third-order valence-electron chi connectivity index (χ3n) is 3.62. The van der Waals surface area contributed by atoms with Gasteiger partial charge in [-0.25, -0.2) is 0 Å². The topological polar surface area (TPSA) is 38.5 Å². The van der Waals surface area contributed by atoms with Crippen LogP contribution in [-0.2, 0) is 6.42 Å². The molecule has 1 rings (SSSR count). The van der Waals surface area contributed by atoms with Gasteiger partial charge in [0.1, 0.15) is 5.75 Å². The highest BCUT2D eigenvalue weighted by Gasteiger charge is 2.10. The van der Waals surface area contributed by atoms with Gasteiger partial charge in [0.15, 0.2) is 0 Å². The second-order valence-electron chi connectivity index (χ2n) is 7.69. The molecule has 3 heteroatoms. The van der Waals surface area contributed by atoms with Crippen molar-refractivity contribution < 1.29 is 4.74 Å². The van der Waals surface area contributed by atoms with Crippen LogP contribution < -0.4 is 10.5 Å². The molecule has 23 heavy (non-hydrogen) atoms. The summed E-state index contributed by atoms with van der Waals surface area (Å²) in [5, 5.41) is 0. The summed E-state index contributed by atoms with van der Waals surface area (Å²) >= 11 is 0. The Hall–Kier alpha value is -1.22. The largest absolute Gasteiger partial charge is 0.489 e. The highest BCUT2D eigenvalue weighted by atomic mass is 16.5. The average Bonchev–Trinajstić information content (AvgIpc) is 2.39. The van der Waals surface area contributed by atoms with E-state index >= 15 is 0 Å². The minimum absolute atomic E-state index is 0.156. The van der Waals surface area contributed by atoms with Crippen molar-refractivity contribution in [1.29, 1.82) is 0 Å². The van der Waals surface area contributed by atoms with Crippen LogP contribution in [0.4, 0.5) is 5.69 Å². The number of aryl methyl sites for hydroxylation is 1. The maximum Gasteiger partial charge on any atom is 0.142 e.